The second-order valence-corrected chi connectivity index (χ2v) is 13.9. The molecule has 0 saturated carbocycles. The summed E-state index contributed by atoms with van der Waals surface area (Å²) in [6, 6.07) is 6.74. The van der Waals surface area contributed by atoms with Crippen LogP contribution < -0.4 is 25.2 Å². The van der Waals surface area contributed by atoms with Gasteiger partial charge in [0.1, 0.15) is 23.5 Å². The number of nitrogen functional groups attached to an aromatic ring is 1. The lowest BCUT2D eigenvalue weighted by Crippen LogP contribution is -2.44. The Bertz CT molecular complexity index is 1660. The number of carbonyl (C=O) groups is 1. The van der Waals surface area contributed by atoms with E-state index in [1.165, 1.54) is 43.9 Å². The number of hydrogen-bond acceptors (Lipinski definition) is 15. The highest BCUT2D eigenvalue weighted by molar-refractivity contribution is 7.88. The number of aliphatic hydroxyl groups excluding tert-OH is 1. The Balaban J connectivity index is 1.67. The molecule has 3 aromatic rings. The van der Waals surface area contributed by atoms with Gasteiger partial charge < -0.3 is 29.9 Å². The summed E-state index contributed by atoms with van der Waals surface area (Å²) in [5, 5.41) is 26.0. The molecule has 6 N–H and O–H groups in total. The SMILES string of the molecule is CC(C)OC(=O)[C@H](C)NP(=O)(Oc1ccccc1)OC1O[C@@H](n2cnc3c(N(C)NS(C)(=O)=O)nc(N)nc32)[C@](C)(O)C1O. The molecule has 20 heteroatoms. The highest BCUT2D eigenvalue weighted by Crippen LogP contribution is 2.51. The van der Waals surface area contributed by atoms with Crippen molar-refractivity contribution in [3.05, 3.63) is 36.7 Å². The van der Waals surface area contributed by atoms with Crippen LogP contribution in [-0.2, 0) is 33.4 Å². The third-order valence-electron chi connectivity index (χ3n) is 6.18. The van der Waals surface area contributed by atoms with Crippen LogP contribution in [0.1, 0.15) is 33.9 Å². The van der Waals surface area contributed by atoms with Crippen molar-refractivity contribution in [1.82, 2.24) is 29.4 Å². The maximum atomic E-state index is 14.0. The van der Waals surface area contributed by atoms with Crippen molar-refractivity contribution >= 4 is 46.7 Å². The minimum Gasteiger partial charge on any atom is -0.462 e. The van der Waals surface area contributed by atoms with Crippen LogP contribution in [-0.4, -0.2) is 87.6 Å². The fourth-order valence-electron chi connectivity index (χ4n) is 4.27. The maximum absolute atomic E-state index is 14.0. The summed E-state index contributed by atoms with van der Waals surface area (Å²) in [5.74, 6) is -0.924. The molecule has 242 valence electrons. The van der Waals surface area contributed by atoms with Gasteiger partial charge in [0.2, 0.25) is 22.3 Å². The summed E-state index contributed by atoms with van der Waals surface area (Å²) in [7, 11) is -6.86. The van der Waals surface area contributed by atoms with Gasteiger partial charge in [0.15, 0.2) is 23.2 Å². The third-order valence-corrected chi connectivity index (χ3v) is 8.43. The number of hydrogen-bond donors (Lipinski definition) is 5. The Kier molecular flexibility index (Phi) is 9.53. The first-order chi connectivity index (χ1) is 20.4. The smallest absolute Gasteiger partial charge is 0.461 e. The van der Waals surface area contributed by atoms with Crippen molar-refractivity contribution in [2.24, 2.45) is 0 Å². The highest BCUT2D eigenvalue weighted by atomic mass is 32.2. The van der Waals surface area contributed by atoms with Gasteiger partial charge in [0.25, 0.3) is 0 Å². The number of ether oxygens (including phenoxy) is 2. The van der Waals surface area contributed by atoms with Gasteiger partial charge >= 0.3 is 13.7 Å². The zero-order valence-electron chi connectivity index (χ0n) is 24.7. The average Bonchev–Trinajstić information content (AvgIpc) is 3.40. The van der Waals surface area contributed by atoms with Crippen LogP contribution in [0.3, 0.4) is 0 Å². The third kappa shape index (κ3) is 7.44. The molecule has 18 nitrogen and oxygen atoms in total. The lowest BCUT2D eigenvalue weighted by molar-refractivity contribution is -0.149. The Morgan fingerprint density at radius 3 is 2.52 bits per heavy atom. The topological polar surface area (TPSA) is 243 Å². The molecule has 1 aliphatic heterocycles. The highest BCUT2D eigenvalue weighted by Gasteiger charge is 2.56. The van der Waals surface area contributed by atoms with Crippen molar-refractivity contribution in [2.75, 3.05) is 24.0 Å². The van der Waals surface area contributed by atoms with Crippen LogP contribution in [0.4, 0.5) is 11.8 Å². The van der Waals surface area contributed by atoms with Crippen LogP contribution in [0.25, 0.3) is 11.2 Å². The van der Waals surface area contributed by atoms with E-state index in [4.69, 9.17) is 24.3 Å². The van der Waals surface area contributed by atoms with E-state index in [1.807, 2.05) is 0 Å². The molecule has 3 unspecified atom stereocenters. The predicted octanol–water partition coefficient (Wildman–Crippen LogP) is 0.409. The minimum absolute atomic E-state index is 0.000303. The second kappa shape index (κ2) is 12.5. The van der Waals surface area contributed by atoms with Crippen molar-refractivity contribution in [1.29, 1.82) is 0 Å². The van der Waals surface area contributed by atoms with E-state index in [2.05, 4.69) is 24.9 Å². The fraction of sp³-hybridized carbons (Fsp3) is 0.500. The molecule has 0 aliphatic carbocycles. The fourth-order valence-corrected chi connectivity index (χ4v) is 6.42. The first-order valence-corrected chi connectivity index (χ1v) is 16.6. The molecular weight excluding hydrogens is 623 g/mol. The molecule has 3 heterocycles. The number of fused-ring (bicyclic) bond motifs is 1. The Morgan fingerprint density at radius 1 is 1.25 bits per heavy atom. The van der Waals surface area contributed by atoms with E-state index in [-0.39, 0.29) is 28.7 Å². The number of esters is 1. The number of sulfonamides is 1. The monoisotopic (exact) mass is 658 g/mol. The van der Waals surface area contributed by atoms with Crippen molar-refractivity contribution in [3.8, 4) is 5.75 Å². The van der Waals surface area contributed by atoms with Gasteiger partial charge in [-0.3, -0.25) is 18.9 Å². The summed E-state index contributed by atoms with van der Waals surface area (Å²) in [6.07, 6.45) is -3.38. The van der Waals surface area contributed by atoms with Gasteiger partial charge in [-0.15, -0.1) is 4.83 Å². The molecule has 1 aliphatic rings. The number of nitrogens with one attached hydrogen (secondary N) is 2. The van der Waals surface area contributed by atoms with Gasteiger partial charge in [-0.2, -0.15) is 15.1 Å². The van der Waals surface area contributed by atoms with Crippen LogP contribution in [0, 0.1) is 0 Å². The standard InChI is InChI=1S/C24H35N8O10PS/c1-13(2)39-20(34)14(3)29-43(36,41-15-10-8-7-9-11-15)42-21-17(33)24(4,35)22(40-21)32-12-26-16-18(27-23(25)28-19(16)32)31(5)30-44(6,37)38/h7-14,17,21-22,30,33,35H,1-6H3,(H,29,36)(H2,25,27,28)/t14-,17?,21?,22+,24+,43?/m0/s1. The second-order valence-electron chi connectivity index (χ2n) is 10.5. The number of aromatic nitrogens is 4. The Morgan fingerprint density at radius 2 is 1.91 bits per heavy atom. The van der Waals surface area contributed by atoms with E-state index in [1.54, 1.807) is 32.0 Å². The molecule has 1 aromatic carbocycles. The molecule has 0 spiro atoms. The number of imidazole rings is 1. The van der Waals surface area contributed by atoms with Gasteiger partial charge in [0.05, 0.1) is 18.7 Å². The van der Waals surface area contributed by atoms with E-state index < -0.39 is 60.1 Å². The molecule has 1 saturated heterocycles. The summed E-state index contributed by atoms with van der Waals surface area (Å²) in [5.41, 5.74) is 3.84. The number of rotatable bonds is 12. The number of benzene rings is 1. The van der Waals surface area contributed by atoms with E-state index in [9.17, 15) is 28.0 Å². The molecule has 2 aromatic heterocycles. The van der Waals surface area contributed by atoms with E-state index in [0.717, 1.165) is 11.3 Å². The number of carbonyl (C=O) groups excluding carboxylic acids is 1. The van der Waals surface area contributed by atoms with Crippen molar-refractivity contribution in [3.63, 3.8) is 0 Å². The summed E-state index contributed by atoms with van der Waals surface area (Å²) in [6.45, 7) is 5.91. The predicted molar refractivity (Wildman–Crippen MR) is 156 cm³/mol. The molecule has 0 radical (unpaired) electrons. The van der Waals surface area contributed by atoms with Crippen LogP contribution in [0.5, 0.6) is 5.75 Å². The van der Waals surface area contributed by atoms with Gasteiger partial charge in [0, 0.05) is 7.05 Å². The number of hydrazine groups is 1. The van der Waals surface area contributed by atoms with Crippen LogP contribution >= 0.6 is 7.75 Å². The number of para-hydroxylation sites is 1. The number of anilines is 2. The van der Waals surface area contributed by atoms with Crippen molar-refractivity contribution in [2.45, 2.75) is 64.1 Å². The molecule has 0 bridgehead atoms. The summed E-state index contributed by atoms with van der Waals surface area (Å²) >= 11 is 0. The minimum atomic E-state index is -4.53. The van der Waals surface area contributed by atoms with E-state index >= 15 is 0 Å². The van der Waals surface area contributed by atoms with Crippen molar-refractivity contribution < 1.29 is 46.5 Å². The lowest BCUT2D eigenvalue weighted by atomic mass is 9.99. The Hall–Kier alpha value is -3.42. The largest absolute Gasteiger partial charge is 0.462 e. The maximum Gasteiger partial charge on any atom is 0.461 e. The molecular formula is C24H35N8O10PS. The van der Waals surface area contributed by atoms with Gasteiger partial charge in [-0.25, -0.2) is 18.0 Å². The number of nitrogens with zero attached hydrogens (tertiary/aromatic N) is 5. The molecule has 4 rings (SSSR count). The van der Waals surface area contributed by atoms with Crippen LogP contribution in [0.15, 0.2) is 36.7 Å². The number of aliphatic hydroxyl groups is 2. The Labute approximate surface area is 253 Å². The van der Waals surface area contributed by atoms with Crippen LogP contribution in [0.2, 0.25) is 0 Å². The van der Waals surface area contributed by atoms with Gasteiger partial charge in [-0.05, 0) is 39.8 Å². The first-order valence-electron chi connectivity index (χ1n) is 13.2. The first kappa shape index (κ1) is 33.5. The van der Waals surface area contributed by atoms with Gasteiger partial charge in [-0.1, -0.05) is 18.2 Å². The molecule has 0 amide bonds. The lowest BCUT2D eigenvalue weighted by Gasteiger charge is -2.28. The quantitative estimate of drug-likeness (QED) is 0.100. The molecule has 6 atom stereocenters. The average molecular weight is 659 g/mol. The molecule has 1 fully saturated rings. The zero-order chi connectivity index (χ0) is 32.6. The summed E-state index contributed by atoms with van der Waals surface area (Å²) < 4.78 is 61.1. The zero-order valence-corrected chi connectivity index (χ0v) is 26.4. The normalized spacial score (nSPS) is 24.2. The summed E-state index contributed by atoms with van der Waals surface area (Å²) in [4.78, 5) is 27.2. The number of nitrogens with two attached hydrogens (primary N) is 1. The molecule has 44 heavy (non-hydrogen) atoms. The van der Waals surface area contributed by atoms with E-state index in [0.29, 0.717) is 0 Å².